The van der Waals surface area contributed by atoms with Crippen molar-refractivity contribution in [3.8, 4) is 17.0 Å². The van der Waals surface area contributed by atoms with Crippen LogP contribution in [-0.2, 0) is 10.1 Å². The highest BCUT2D eigenvalue weighted by Crippen LogP contribution is 2.28. The van der Waals surface area contributed by atoms with Crippen LogP contribution in [0.5, 0.6) is 5.75 Å². The third-order valence-corrected chi connectivity index (χ3v) is 3.24. The first-order valence-electron chi connectivity index (χ1n) is 6.07. The van der Waals surface area contributed by atoms with Crippen molar-refractivity contribution in [1.29, 1.82) is 0 Å². The minimum atomic E-state index is -0.436. The molecule has 0 radical (unpaired) electrons. The van der Waals surface area contributed by atoms with E-state index < -0.39 is 5.97 Å². The number of nitrogens with zero attached hydrogens (tertiary/aromatic N) is 1. The molecule has 0 aliphatic rings. The minimum absolute atomic E-state index is 0.299. The molecule has 6 heteroatoms. The maximum Gasteiger partial charge on any atom is 0.344 e. The van der Waals surface area contributed by atoms with Crippen LogP contribution in [-0.4, -0.2) is 24.8 Å². The largest absolute Gasteiger partial charge is 0.497 e. The molecule has 0 aliphatic heterocycles. The molecule has 0 aliphatic carbocycles. The standard InChI is InChI=1S/C14H14BrNO4/c1-3-19-14(17)12-11(8-15)20-16-13(12)9-4-6-10(18-2)7-5-9/h4-7H,3,8H2,1-2H3. The summed E-state index contributed by atoms with van der Waals surface area (Å²) in [5.41, 5.74) is 1.60. The molecule has 0 saturated carbocycles. The summed E-state index contributed by atoms with van der Waals surface area (Å²) < 4.78 is 15.4. The summed E-state index contributed by atoms with van der Waals surface area (Å²) in [6, 6.07) is 7.23. The molecule has 1 heterocycles. The molecule has 1 aromatic heterocycles. The van der Waals surface area contributed by atoms with Crippen LogP contribution in [0.4, 0.5) is 0 Å². The van der Waals surface area contributed by atoms with Gasteiger partial charge in [0, 0.05) is 5.56 Å². The fraction of sp³-hybridized carbons (Fsp3) is 0.286. The zero-order valence-electron chi connectivity index (χ0n) is 11.2. The van der Waals surface area contributed by atoms with Crippen LogP contribution in [0.15, 0.2) is 28.8 Å². The van der Waals surface area contributed by atoms with Crippen molar-refractivity contribution in [2.24, 2.45) is 0 Å². The molecule has 0 N–H and O–H groups in total. The van der Waals surface area contributed by atoms with Gasteiger partial charge in [-0.25, -0.2) is 4.79 Å². The second-order valence-corrected chi connectivity index (χ2v) is 4.47. The number of carbonyl (C=O) groups is 1. The Morgan fingerprint density at radius 2 is 2.05 bits per heavy atom. The molecule has 0 amide bonds. The molecule has 1 aromatic carbocycles. The number of hydrogen-bond donors (Lipinski definition) is 0. The number of ether oxygens (including phenoxy) is 2. The maximum atomic E-state index is 12.0. The summed E-state index contributed by atoms with van der Waals surface area (Å²) in [6.07, 6.45) is 0. The van der Waals surface area contributed by atoms with E-state index >= 15 is 0 Å². The van der Waals surface area contributed by atoms with Gasteiger partial charge in [0.25, 0.3) is 0 Å². The molecule has 0 fully saturated rings. The van der Waals surface area contributed by atoms with Crippen LogP contribution in [0.3, 0.4) is 0 Å². The average molecular weight is 340 g/mol. The topological polar surface area (TPSA) is 61.6 Å². The van der Waals surface area contributed by atoms with E-state index in [0.29, 0.717) is 29.0 Å². The van der Waals surface area contributed by atoms with Gasteiger partial charge >= 0.3 is 5.97 Å². The minimum Gasteiger partial charge on any atom is -0.497 e. The molecule has 5 nitrogen and oxygen atoms in total. The third-order valence-electron chi connectivity index (χ3n) is 2.73. The quantitative estimate of drug-likeness (QED) is 0.616. The van der Waals surface area contributed by atoms with Crippen molar-refractivity contribution in [3.63, 3.8) is 0 Å². The Labute approximate surface area is 125 Å². The molecule has 0 unspecified atom stereocenters. The number of carbonyl (C=O) groups excluding carboxylic acids is 1. The molecular formula is C14H14BrNO4. The highest BCUT2D eigenvalue weighted by Gasteiger charge is 2.24. The zero-order chi connectivity index (χ0) is 14.5. The summed E-state index contributed by atoms with van der Waals surface area (Å²) >= 11 is 3.27. The molecule has 0 atom stereocenters. The van der Waals surface area contributed by atoms with Crippen LogP contribution in [0.2, 0.25) is 0 Å². The van der Waals surface area contributed by atoms with Gasteiger partial charge < -0.3 is 14.0 Å². The molecule has 0 spiro atoms. The molecule has 2 aromatic rings. The van der Waals surface area contributed by atoms with Gasteiger partial charge in [-0.15, -0.1) is 0 Å². The van der Waals surface area contributed by atoms with E-state index in [1.807, 2.05) is 12.1 Å². The number of rotatable bonds is 5. The molecule has 0 saturated heterocycles. The number of esters is 1. The van der Waals surface area contributed by atoms with Crippen LogP contribution >= 0.6 is 15.9 Å². The number of alkyl halides is 1. The highest BCUT2D eigenvalue weighted by atomic mass is 79.9. The Morgan fingerprint density at radius 1 is 1.35 bits per heavy atom. The first-order valence-corrected chi connectivity index (χ1v) is 7.19. The highest BCUT2D eigenvalue weighted by molar-refractivity contribution is 9.08. The number of halogens is 1. The Hall–Kier alpha value is -1.82. The Morgan fingerprint density at radius 3 is 2.60 bits per heavy atom. The fourth-order valence-corrected chi connectivity index (χ4v) is 2.16. The van der Waals surface area contributed by atoms with Gasteiger partial charge in [-0.1, -0.05) is 21.1 Å². The van der Waals surface area contributed by atoms with Gasteiger partial charge in [0.05, 0.1) is 19.0 Å². The number of methoxy groups -OCH3 is 1. The van der Waals surface area contributed by atoms with Crippen LogP contribution < -0.4 is 4.74 Å². The van der Waals surface area contributed by atoms with E-state index in [2.05, 4.69) is 21.1 Å². The number of hydrogen-bond acceptors (Lipinski definition) is 5. The predicted molar refractivity (Wildman–Crippen MR) is 77.1 cm³/mol. The first-order chi connectivity index (χ1) is 9.71. The SMILES string of the molecule is CCOC(=O)c1c(-c2ccc(OC)cc2)noc1CBr. The van der Waals surface area contributed by atoms with Crippen molar-refractivity contribution >= 4 is 21.9 Å². The van der Waals surface area contributed by atoms with Crippen molar-refractivity contribution < 1.29 is 18.8 Å². The lowest BCUT2D eigenvalue weighted by Gasteiger charge is -2.04. The smallest absolute Gasteiger partial charge is 0.344 e. The second-order valence-electron chi connectivity index (χ2n) is 3.91. The van der Waals surface area contributed by atoms with Gasteiger partial charge in [0.1, 0.15) is 17.0 Å². The van der Waals surface area contributed by atoms with E-state index in [1.165, 1.54) is 0 Å². The van der Waals surface area contributed by atoms with Gasteiger partial charge in [0.2, 0.25) is 0 Å². The summed E-state index contributed by atoms with van der Waals surface area (Å²) in [6.45, 7) is 2.06. The predicted octanol–water partition coefficient (Wildman–Crippen LogP) is 3.42. The van der Waals surface area contributed by atoms with E-state index in [9.17, 15) is 4.79 Å². The molecule has 20 heavy (non-hydrogen) atoms. The van der Waals surface area contributed by atoms with E-state index in [1.54, 1.807) is 26.2 Å². The Kier molecular flexibility index (Phi) is 4.79. The lowest BCUT2D eigenvalue weighted by atomic mass is 10.1. The monoisotopic (exact) mass is 339 g/mol. The van der Waals surface area contributed by atoms with E-state index in [-0.39, 0.29) is 0 Å². The molecule has 0 bridgehead atoms. The van der Waals surface area contributed by atoms with Gasteiger partial charge in [-0.2, -0.15) is 0 Å². The first kappa shape index (κ1) is 14.6. The summed E-state index contributed by atoms with van der Waals surface area (Å²) in [5.74, 6) is 0.749. The lowest BCUT2D eigenvalue weighted by Crippen LogP contribution is -2.07. The Bertz CT molecular complexity index is 592. The van der Waals surface area contributed by atoms with Gasteiger partial charge in [-0.3, -0.25) is 0 Å². The molecular weight excluding hydrogens is 326 g/mol. The van der Waals surface area contributed by atoms with Crippen molar-refractivity contribution in [3.05, 3.63) is 35.6 Å². The fourth-order valence-electron chi connectivity index (χ4n) is 1.78. The third kappa shape index (κ3) is 2.85. The van der Waals surface area contributed by atoms with Gasteiger partial charge in [0.15, 0.2) is 5.76 Å². The van der Waals surface area contributed by atoms with Crippen molar-refractivity contribution in [1.82, 2.24) is 5.16 Å². The lowest BCUT2D eigenvalue weighted by molar-refractivity contribution is 0.0525. The zero-order valence-corrected chi connectivity index (χ0v) is 12.8. The van der Waals surface area contributed by atoms with Crippen LogP contribution in [0.1, 0.15) is 23.0 Å². The number of benzene rings is 1. The van der Waals surface area contributed by atoms with E-state index in [0.717, 1.165) is 11.3 Å². The summed E-state index contributed by atoms with van der Waals surface area (Å²) in [7, 11) is 1.60. The normalized spacial score (nSPS) is 10.3. The maximum absolute atomic E-state index is 12.0. The van der Waals surface area contributed by atoms with Gasteiger partial charge in [-0.05, 0) is 31.2 Å². The van der Waals surface area contributed by atoms with Crippen molar-refractivity contribution in [2.45, 2.75) is 12.3 Å². The van der Waals surface area contributed by atoms with Crippen LogP contribution in [0.25, 0.3) is 11.3 Å². The summed E-state index contributed by atoms with van der Waals surface area (Å²) in [5, 5.41) is 4.36. The Balaban J connectivity index is 2.44. The summed E-state index contributed by atoms with van der Waals surface area (Å²) in [4.78, 5) is 12.0. The second kappa shape index (κ2) is 6.56. The average Bonchev–Trinajstić information content (AvgIpc) is 2.91. The van der Waals surface area contributed by atoms with Crippen molar-refractivity contribution in [2.75, 3.05) is 13.7 Å². The number of aromatic nitrogens is 1. The van der Waals surface area contributed by atoms with Crippen LogP contribution in [0, 0.1) is 0 Å². The van der Waals surface area contributed by atoms with E-state index in [4.69, 9.17) is 14.0 Å². The molecule has 2 rings (SSSR count). The molecule has 106 valence electrons.